The van der Waals surface area contributed by atoms with E-state index in [1.54, 1.807) is 24.8 Å². The van der Waals surface area contributed by atoms with Gasteiger partial charge < -0.3 is 9.64 Å². The summed E-state index contributed by atoms with van der Waals surface area (Å²) in [6.07, 6.45) is 8.75. The Hall–Kier alpha value is -2.21. The zero-order valence-electron chi connectivity index (χ0n) is 11.7. The Balaban J connectivity index is 1.55. The fraction of sp³-hybridized carbons (Fsp3) is 0.400. The summed E-state index contributed by atoms with van der Waals surface area (Å²) in [5.74, 6) is 0.0124. The normalized spacial score (nSPS) is 18.7. The van der Waals surface area contributed by atoms with Gasteiger partial charge in [-0.1, -0.05) is 6.07 Å². The van der Waals surface area contributed by atoms with Crippen LogP contribution in [-0.2, 0) is 11.3 Å². The largest absolute Gasteiger partial charge is 0.372 e. The van der Waals surface area contributed by atoms with E-state index in [4.69, 9.17) is 4.74 Å². The number of H-pyrrole nitrogens is 1. The lowest BCUT2D eigenvalue weighted by atomic mass is 10.1. The summed E-state index contributed by atoms with van der Waals surface area (Å²) < 4.78 is 5.91. The Morgan fingerprint density at radius 3 is 3.19 bits per heavy atom. The van der Waals surface area contributed by atoms with E-state index in [2.05, 4.69) is 15.2 Å². The molecule has 1 aliphatic heterocycles. The van der Waals surface area contributed by atoms with E-state index in [0.29, 0.717) is 18.7 Å². The zero-order chi connectivity index (χ0) is 14.5. The number of piperidine rings is 1. The molecule has 6 heteroatoms. The average Bonchev–Trinajstić information content (AvgIpc) is 3.08. The molecule has 2 aromatic rings. The molecule has 2 aromatic heterocycles. The molecular weight excluding hydrogens is 268 g/mol. The highest BCUT2D eigenvalue weighted by atomic mass is 16.5. The monoisotopic (exact) mass is 286 g/mol. The number of likely N-dealkylation sites (tertiary alicyclic amines) is 1. The van der Waals surface area contributed by atoms with E-state index in [1.807, 2.05) is 17.0 Å². The van der Waals surface area contributed by atoms with Crippen molar-refractivity contribution in [1.82, 2.24) is 20.1 Å². The number of rotatable bonds is 4. The number of ether oxygens (including phenoxy) is 1. The molecule has 1 atom stereocenters. The molecule has 3 heterocycles. The van der Waals surface area contributed by atoms with Crippen LogP contribution in [0.5, 0.6) is 0 Å². The number of nitrogens with zero attached hydrogens (tertiary/aromatic N) is 3. The first-order valence-corrected chi connectivity index (χ1v) is 7.11. The van der Waals surface area contributed by atoms with E-state index < -0.39 is 0 Å². The van der Waals surface area contributed by atoms with Crippen LogP contribution in [0.1, 0.15) is 28.8 Å². The molecule has 3 rings (SSSR count). The van der Waals surface area contributed by atoms with Gasteiger partial charge in [0.05, 0.1) is 24.5 Å². The maximum absolute atomic E-state index is 12.3. The van der Waals surface area contributed by atoms with Crippen LogP contribution in [0.4, 0.5) is 0 Å². The molecule has 6 nitrogen and oxygen atoms in total. The SMILES string of the molecule is O=C(c1cn[nH]c1)N1CCC[C@@H](OCc2cccnc2)C1. The number of hydrogen-bond donors (Lipinski definition) is 1. The minimum atomic E-state index is 0.0124. The second kappa shape index (κ2) is 6.49. The standard InChI is InChI=1S/C15H18N4O2/c20-15(13-8-17-18-9-13)19-6-2-4-14(10-19)21-11-12-3-1-5-16-7-12/h1,3,5,7-9,14H,2,4,6,10-11H2,(H,17,18)/t14-/m1/s1. The van der Waals surface area contributed by atoms with Crippen molar-refractivity contribution in [3.63, 3.8) is 0 Å². The molecule has 110 valence electrons. The highest BCUT2D eigenvalue weighted by molar-refractivity contribution is 5.93. The summed E-state index contributed by atoms with van der Waals surface area (Å²) in [6, 6.07) is 3.89. The second-order valence-corrected chi connectivity index (χ2v) is 5.17. The molecule has 1 N–H and O–H groups in total. The molecule has 0 bridgehead atoms. The van der Waals surface area contributed by atoms with Crippen molar-refractivity contribution in [2.24, 2.45) is 0 Å². The number of nitrogens with one attached hydrogen (secondary N) is 1. The van der Waals surface area contributed by atoms with Gasteiger partial charge in [0.15, 0.2) is 0 Å². The molecule has 1 saturated heterocycles. The number of carbonyl (C=O) groups is 1. The molecule has 0 aromatic carbocycles. The fourth-order valence-corrected chi connectivity index (χ4v) is 2.51. The predicted molar refractivity (Wildman–Crippen MR) is 76.5 cm³/mol. The Kier molecular flexibility index (Phi) is 4.25. The number of amides is 1. The van der Waals surface area contributed by atoms with Crippen molar-refractivity contribution in [1.29, 1.82) is 0 Å². The molecule has 0 radical (unpaired) electrons. The maximum Gasteiger partial charge on any atom is 0.257 e. The molecule has 21 heavy (non-hydrogen) atoms. The number of pyridine rings is 1. The van der Waals surface area contributed by atoms with Gasteiger partial charge in [0.25, 0.3) is 5.91 Å². The summed E-state index contributed by atoms with van der Waals surface area (Å²) in [5, 5.41) is 6.49. The summed E-state index contributed by atoms with van der Waals surface area (Å²) in [7, 11) is 0. The third kappa shape index (κ3) is 3.46. The Bertz CT molecular complexity index is 571. The topological polar surface area (TPSA) is 71.1 Å². The molecule has 0 unspecified atom stereocenters. The quantitative estimate of drug-likeness (QED) is 0.927. The molecule has 1 fully saturated rings. The molecule has 0 spiro atoms. The molecule has 0 aliphatic carbocycles. The fourth-order valence-electron chi connectivity index (χ4n) is 2.51. The lowest BCUT2D eigenvalue weighted by Gasteiger charge is -2.32. The van der Waals surface area contributed by atoms with Crippen LogP contribution in [-0.4, -0.2) is 45.2 Å². The van der Waals surface area contributed by atoms with Crippen molar-refractivity contribution in [2.75, 3.05) is 13.1 Å². The highest BCUT2D eigenvalue weighted by Crippen LogP contribution is 2.17. The van der Waals surface area contributed by atoms with Gasteiger partial charge in [-0.2, -0.15) is 5.10 Å². The summed E-state index contributed by atoms with van der Waals surface area (Å²) in [6.45, 7) is 1.94. The molecule has 1 amide bonds. The smallest absolute Gasteiger partial charge is 0.257 e. The van der Waals surface area contributed by atoms with Crippen molar-refractivity contribution in [2.45, 2.75) is 25.6 Å². The highest BCUT2D eigenvalue weighted by Gasteiger charge is 2.25. The third-order valence-corrected chi connectivity index (χ3v) is 3.62. The number of aromatic amines is 1. The van der Waals surface area contributed by atoms with Crippen LogP contribution in [0.2, 0.25) is 0 Å². The average molecular weight is 286 g/mol. The van der Waals surface area contributed by atoms with Gasteiger partial charge in [-0.05, 0) is 24.5 Å². The number of hydrogen-bond acceptors (Lipinski definition) is 4. The van der Waals surface area contributed by atoms with Gasteiger partial charge >= 0.3 is 0 Å². The Labute approximate surface area is 123 Å². The van der Waals surface area contributed by atoms with Gasteiger partial charge in [-0.3, -0.25) is 14.9 Å². The van der Waals surface area contributed by atoms with Gasteiger partial charge in [-0.25, -0.2) is 0 Å². The van der Waals surface area contributed by atoms with E-state index in [1.165, 1.54) is 0 Å². The molecule has 0 saturated carbocycles. The van der Waals surface area contributed by atoms with E-state index in [9.17, 15) is 4.79 Å². The maximum atomic E-state index is 12.3. The van der Waals surface area contributed by atoms with Crippen molar-refractivity contribution >= 4 is 5.91 Å². The summed E-state index contributed by atoms with van der Waals surface area (Å²) in [4.78, 5) is 18.2. The van der Waals surface area contributed by atoms with E-state index in [0.717, 1.165) is 24.9 Å². The van der Waals surface area contributed by atoms with Crippen LogP contribution < -0.4 is 0 Å². The lowest BCUT2D eigenvalue weighted by Crippen LogP contribution is -2.43. The van der Waals surface area contributed by atoms with Crippen molar-refractivity contribution < 1.29 is 9.53 Å². The lowest BCUT2D eigenvalue weighted by molar-refractivity contribution is -0.00681. The molecule has 1 aliphatic rings. The Morgan fingerprint density at radius 2 is 2.43 bits per heavy atom. The van der Waals surface area contributed by atoms with E-state index in [-0.39, 0.29) is 12.0 Å². The van der Waals surface area contributed by atoms with Crippen LogP contribution in [0.15, 0.2) is 36.9 Å². The first-order chi connectivity index (χ1) is 10.3. The van der Waals surface area contributed by atoms with Gasteiger partial charge in [0.2, 0.25) is 0 Å². The zero-order valence-corrected chi connectivity index (χ0v) is 11.7. The van der Waals surface area contributed by atoms with Crippen molar-refractivity contribution in [3.8, 4) is 0 Å². The minimum absolute atomic E-state index is 0.0124. The first-order valence-electron chi connectivity index (χ1n) is 7.11. The van der Waals surface area contributed by atoms with E-state index >= 15 is 0 Å². The van der Waals surface area contributed by atoms with Gasteiger partial charge in [0.1, 0.15) is 0 Å². The van der Waals surface area contributed by atoms with Gasteiger partial charge in [0, 0.05) is 31.7 Å². The summed E-state index contributed by atoms with van der Waals surface area (Å²) in [5.41, 5.74) is 1.65. The molecular formula is C15H18N4O2. The van der Waals surface area contributed by atoms with Crippen LogP contribution in [0, 0.1) is 0 Å². The van der Waals surface area contributed by atoms with Crippen LogP contribution >= 0.6 is 0 Å². The summed E-state index contributed by atoms with van der Waals surface area (Å²) >= 11 is 0. The number of aromatic nitrogens is 3. The Morgan fingerprint density at radius 1 is 1.48 bits per heavy atom. The number of carbonyl (C=O) groups excluding carboxylic acids is 1. The van der Waals surface area contributed by atoms with Crippen LogP contribution in [0.3, 0.4) is 0 Å². The minimum Gasteiger partial charge on any atom is -0.372 e. The van der Waals surface area contributed by atoms with Gasteiger partial charge in [-0.15, -0.1) is 0 Å². The van der Waals surface area contributed by atoms with Crippen molar-refractivity contribution in [3.05, 3.63) is 48.0 Å². The second-order valence-electron chi connectivity index (χ2n) is 5.17. The first kappa shape index (κ1) is 13.8. The third-order valence-electron chi connectivity index (χ3n) is 3.62. The van der Waals surface area contributed by atoms with Crippen LogP contribution in [0.25, 0.3) is 0 Å². The predicted octanol–water partition coefficient (Wildman–Crippen LogP) is 1.63.